The average Bonchev–Trinajstić information content (AvgIpc) is 1.97. The van der Waals surface area contributed by atoms with Crippen LogP contribution < -0.4 is 5.32 Å². The molecule has 0 aliphatic heterocycles. The van der Waals surface area contributed by atoms with E-state index in [2.05, 4.69) is 17.1 Å². The lowest BCUT2D eigenvalue weighted by Crippen LogP contribution is -2.36. The highest BCUT2D eigenvalue weighted by atomic mass is 19.1. The number of nitrogens with one attached hydrogen (secondary N) is 1. The maximum atomic E-state index is 12.3. The van der Waals surface area contributed by atoms with Crippen LogP contribution in [0, 0.1) is 0 Å². The van der Waals surface area contributed by atoms with Gasteiger partial charge < -0.3 is 10.2 Å². The Hall–Kier alpha value is -0.150. The van der Waals surface area contributed by atoms with Gasteiger partial charge in [0.25, 0.3) is 0 Å². The van der Waals surface area contributed by atoms with Gasteiger partial charge in [-0.1, -0.05) is 0 Å². The first kappa shape index (κ1) is 11.8. The third-order valence-corrected chi connectivity index (χ3v) is 2.04. The topological polar surface area (TPSA) is 15.3 Å². The fraction of sp³-hybridized carbons (Fsp3) is 1.00. The first-order valence-electron chi connectivity index (χ1n) is 4.55. The number of nitrogens with zero attached hydrogens (tertiary/aromatic N) is 1. The second kappa shape index (κ2) is 6.38. The number of alkyl halides is 1. The molecule has 3 heteroatoms. The zero-order valence-electron chi connectivity index (χ0n) is 8.60. The normalized spacial score (nSPS) is 16.5. The van der Waals surface area contributed by atoms with Crippen LogP contribution in [-0.2, 0) is 0 Å². The number of hydrogen-bond acceptors (Lipinski definition) is 2. The Morgan fingerprint density at radius 2 is 1.92 bits per heavy atom. The minimum Gasteiger partial charge on any atom is -0.315 e. The standard InChI is InChI=1S/C9H21FN2/c1-8(10)5-6-11-7-9(2)12(3)4/h8-9,11H,5-7H2,1-4H3. The lowest BCUT2D eigenvalue weighted by Gasteiger charge is -2.20. The van der Waals surface area contributed by atoms with Crippen molar-refractivity contribution >= 4 is 0 Å². The Labute approximate surface area is 75.1 Å². The summed E-state index contributed by atoms with van der Waals surface area (Å²) in [6.45, 7) is 5.44. The Morgan fingerprint density at radius 1 is 1.33 bits per heavy atom. The van der Waals surface area contributed by atoms with E-state index < -0.39 is 6.17 Å². The first-order valence-corrected chi connectivity index (χ1v) is 4.55. The summed E-state index contributed by atoms with van der Waals surface area (Å²) in [5.74, 6) is 0. The highest BCUT2D eigenvalue weighted by Crippen LogP contribution is 1.93. The second-order valence-corrected chi connectivity index (χ2v) is 3.59. The zero-order chi connectivity index (χ0) is 9.56. The first-order chi connectivity index (χ1) is 5.54. The summed E-state index contributed by atoms with van der Waals surface area (Å²) < 4.78 is 12.3. The van der Waals surface area contributed by atoms with Crippen molar-refractivity contribution in [2.45, 2.75) is 32.5 Å². The van der Waals surface area contributed by atoms with E-state index in [1.807, 2.05) is 14.1 Å². The number of likely N-dealkylation sites (N-methyl/N-ethyl adjacent to an activating group) is 1. The van der Waals surface area contributed by atoms with Gasteiger partial charge >= 0.3 is 0 Å². The molecule has 0 rings (SSSR count). The van der Waals surface area contributed by atoms with Gasteiger partial charge in [0.15, 0.2) is 0 Å². The van der Waals surface area contributed by atoms with Crippen molar-refractivity contribution in [2.24, 2.45) is 0 Å². The van der Waals surface area contributed by atoms with Gasteiger partial charge in [-0.2, -0.15) is 0 Å². The molecule has 0 aromatic carbocycles. The number of hydrogen-bond donors (Lipinski definition) is 1. The quantitative estimate of drug-likeness (QED) is 0.613. The van der Waals surface area contributed by atoms with Crippen LogP contribution in [0.3, 0.4) is 0 Å². The van der Waals surface area contributed by atoms with Crippen molar-refractivity contribution in [2.75, 3.05) is 27.2 Å². The van der Waals surface area contributed by atoms with E-state index in [1.165, 1.54) is 0 Å². The highest BCUT2D eigenvalue weighted by Gasteiger charge is 2.03. The molecule has 0 fully saturated rings. The Kier molecular flexibility index (Phi) is 6.30. The molecule has 2 unspecified atom stereocenters. The van der Waals surface area contributed by atoms with Gasteiger partial charge in [0.2, 0.25) is 0 Å². The molecular formula is C9H21FN2. The average molecular weight is 176 g/mol. The number of rotatable bonds is 6. The van der Waals surface area contributed by atoms with E-state index in [0.29, 0.717) is 12.5 Å². The second-order valence-electron chi connectivity index (χ2n) is 3.59. The summed E-state index contributed by atoms with van der Waals surface area (Å²) in [5, 5.41) is 3.22. The molecule has 0 aliphatic carbocycles. The SMILES string of the molecule is CC(F)CCNCC(C)N(C)C. The van der Waals surface area contributed by atoms with Crippen molar-refractivity contribution in [3.63, 3.8) is 0 Å². The maximum Gasteiger partial charge on any atom is 0.0985 e. The summed E-state index contributed by atoms with van der Waals surface area (Å²) in [4.78, 5) is 2.14. The van der Waals surface area contributed by atoms with Crippen LogP contribution in [0.4, 0.5) is 4.39 Å². The molecule has 12 heavy (non-hydrogen) atoms. The van der Waals surface area contributed by atoms with E-state index >= 15 is 0 Å². The summed E-state index contributed by atoms with van der Waals surface area (Å²) in [6.07, 6.45) is -0.0766. The molecule has 0 spiro atoms. The Bertz CT molecular complexity index is 105. The minimum absolute atomic E-state index is 0.514. The van der Waals surface area contributed by atoms with Gasteiger partial charge in [-0.15, -0.1) is 0 Å². The highest BCUT2D eigenvalue weighted by molar-refractivity contribution is 4.63. The Balaban J connectivity index is 3.20. The van der Waals surface area contributed by atoms with Gasteiger partial charge in [0.1, 0.15) is 0 Å². The fourth-order valence-electron chi connectivity index (χ4n) is 0.794. The smallest absolute Gasteiger partial charge is 0.0985 e. The molecule has 1 N–H and O–H groups in total. The predicted molar refractivity (Wildman–Crippen MR) is 51.2 cm³/mol. The zero-order valence-corrected chi connectivity index (χ0v) is 8.60. The van der Waals surface area contributed by atoms with E-state index in [4.69, 9.17) is 0 Å². The van der Waals surface area contributed by atoms with Gasteiger partial charge in [-0.3, -0.25) is 0 Å². The molecular weight excluding hydrogens is 155 g/mol. The Morgan fingerprint density at radius 3 is 2.33 bits per heavy atom. The van der Waals surface area contributed by atoms with Crippen LogP contribution in [0.1, 0.15) is 20.3 Å². The molecule has 2 atom stereocenters. The van der Waals surface area contributed by atoms with Gasteiger partial charge in [-0.25, -0.2) is 4.39 Å². The van der Waals surface area contributed by atoms with Crippen molar-refractivity contribution in [1.82, 2.24) is 10.2 Å². The maximum absolute atomic E-state index is 12.3. The molecule has 2 nitrogen and oxygen atoms in total. The van der Waals surface area contributed by atoms with Gasteiger partial charge in [0.05, 0.1) is 6.17 Å². The third kappa shape index (κ3) is 6.55. The fourth-order valence-corrected chi connectivity index (χ4v) is 0.794. The molecule has 0 aliphatic rings. The van der Waals surface area contributed by atoms with Crippen LogP contribution in [0.2, 0.25) is 0 Å². The molecule has 74 valence electrons. The molecule has 0 aromatic heterocycles. The summed E-state index contributed by atoms with van der Waals surface area (Å²) >= 11 is 0. The molecule has 0 amide bonds. The molecule has 0 bridgehead atoms. The lowest BCUT2D eigenvalue weighted by molar-refractivity contribution is 0.292. The molecule has 0 aromatic rings. The van der Waals surface area contributed by atoms with Crippen molar-refractivity contribution in [1.29, 1.82) is 0 Å². The van der Waals surface area contributed by atoms with Crippen molar-refractivity contribution in [3.05, 3.63) is 0 Å². The van der Waals surface area contributed by atoms with Crippen LogP contribution in [0.15, 0.2) is 0 Å². The van der Waals surface area contributed by atoms with Gasteiger partial charge in [0, 0.05) is 12.6 Å². The number of halogens is 1. The van der Waals surface area contributed by atoms with Crippen molar-refractivity contribution < 1.29 is 4.39 Å². The van der Waals surface area contributed by atoms with E-state index in [9.17, 15) is 4.39 Å². The van der Waals surface area contributed by atoms with E-state index in [1.54, 1.807) is 6.92 Å². The van der Waals surface area contributed by atoms with Crippen LogP contribution in [0.25, 0.3) is 0 Å². The third-order valence-electron chi connectivity index (χ3n) is 2.04. The minimum atomic E-state index is -0.688. The largest absolute Gasteiger partial charge is 0.315 e. The lowest BCUT2D eigenvalue weighted by atomic mass is 10.3. The van der Waals surface area contributed by atoms with Crippen LogP contribution in [0.5, 0.6) is 0 Å². The van der Waals surface area contributed by atoms with Crippen LogP contribution in [-0.4, -0.2) is 44.3 Å². The van der Waals surface area contributed by atoms with Crippen molar-refractivity contribution in [3.8, 4) is 0 Å². The molecule has 0 saturated carbocycles. The summed E-state index contributed by atoms with van der Waals surface area (Å²) in [6, 6.07) is 0.514. The molecule has 0 heterocycles. The van der Waals surface area contributed by atoms with E-state index in [-0.39, 0.29) is 0 Å². The van der Waals surface area contributed by atoms with Crippen LogP contribution >= 0.6 is 0 Å². The summed E-state index contributed by atoms with van der Waals surface area (Å²) in [7, 11) is 4.09. The summed E-state index contributed by atoms with van der Waals surface area (Å²) in [5.41, 5.74) is 0. The molecule has 0 radical (unpaired) electrons. The van der Waals surface area contributed by atoms with Gasteiger partial charge in [-0.05, 0) is 40.9 Å². The molecule has 0 saturated heterocycles. The predicted octanol–water partition coefficient (Wildman–Crippen LogP) is 1.27. The van der Waals surface area contributed by atoms with E-state index in [0.717, 1.165) is 13.1 Å². The monoisotopic (exact) mass is 176 g/mol.